The van der Waals surface area contributed by atoms with Crippen LogP contribution in [0.1, 0.15) is 39.7 Å². The molecule has 1 saturated heterocycles. The van der Waals surface area contributed by atoms with Crippen LogP contribution in [-0.4, -0.2) is 56.2 Å². The van der Waals surface area contributed by atoms with Crippen LogP contribution in [-0.2, 0) is 6.42 Å². The number of guanidine groups is 1. The third-order valence-electron chi connectivity index (χ3n) is 5.09. The molecule has 0 aromatic heterocycles. The standard InChI is InChI=1S/C21H36N4O/c1-6-22-21(24-20-15-25(16(2)3)14-17(20)4)23-13-7-8-18-9-11-19(26-5)12-10-18/h9-12,16-17,20H,6-8,13-15H2,1-5H3,(H2,22,23,24). The van der Waals surface area contributed by atoms with Gasteiger partial charge in [0.25, 0.3) is 0 Å². The number of ether oxygens (including phenoxy) is 1. The summed E-state index contributed by atoms with van der Waals surface area (Å²) >= 11 is 0. The van der Waals surface area contributed by atoms with E-state index in [1.807, 2.05) is 12.1 Å². The molecule has 146 valence electrons. The van der Waals surface area contributed by atoms with E-state index in [2.05, 4.69) is 55.4 Å². The maximum Gasteiger partial charge on any atom is 0.191 e. The first kappa shape index (κ1) is 20.6. The van der Waals surface area contributed by atoms with Crippen molar-refractivity contribution in [2.24, 2.45) is 10.9 Å². The Morgan fingerprint density at radius 2 is 2.00 bits per heavy atom. The number of methoxy groups -OCH3 is 1. The molecule has 1 aliphatic rings. The Morgan fingerprint density at radius 1 is 1.27 bits per heavy atom. The number of benzene rings is 1. The fourth-order valence-electron chi connectivity index (χ4n) is 3.38. The van der Waals surface area contributed by atoms with Gasteiger partial charge in [0.15, 0.2) is 5.96 Å². The lowest BCUT2D eigenvalue weighted by Gasteiger charge is -2.22. The van der Waals surface area contributed by atoms with Crippen molar-refractivity contribution in [3.05, 3.63) is 29.8 Å². The number of rotatable bonds is 8. The summed E-state index contributed by atoms with van der Waals surface area (Å²) in [5, 5.41) is 7.04. The van der Waals surface area contributed by atoms with E-state index in [1.54, 1.807) is 7.11 Å². The average Bonchev–Trinajstić information content (AvgIpc) is 3.00. The van der Waals surface area contributed by atoms with Gasteiger partial charge >= 0.3 is 0 Å². The summed E-state index contributed by atoms with van der Waals surface area (Å²) < 4.78 is 5.21. The molecular weight excluding hydrogens is 324 g/mol. The summed E-state index contributed by atoms with van der Waals surface area (Å²) in [4.78, 5) is 7.32. The first-order chi connectivity index (χ1) is 12.5. The molecule has 2 atom stereocenters. The molecule has 26 heavy (non-hydrogen) atoms. The predicted molar refractivity (Wildman–Crippen MR) is 110 cm³/mol. The van der Waals surface area contributed by atoms with Crippen molar-refractivity contribution in [2.45, 2.75) is 52.6 Å². The summed E-state index contributed by atoms with van der Waals surface area (Å²) in [5.74, 6) is 2.50. The van der Waals surface area contributed by atoms with Crippen molar-refractivity contribution in [3.63, 3.8) is 0 Å². The van der Waals surface area contributed by atoms with Crippen molar-refractivity contribution < 1.29 is 4.74 Å². The third kappa shape index (κ3) is 6.20. The highest BCUT2D eigenvalue weighted by Crippen LogP contribution is 2.18. The summed E-state index contributed by atoms with van der Waals surface area (Å²) in [7, 11) is 1.70. The first-order valence-electron chi connectivity index (χ1n) is 9.95. The molecule has 1 heterocycles. The minimum atomic E-state index is 0.469. The second-order valence-corrected chi connectivity index (χ2v) is 7.49. The molecule has 2 unspecified atom stereocenters. The van der Waals surface area contributed by atoms with Crippen LogP contribution in [0.25, 0.3) is 0 Å². The number of hydrogen-bond acceptors (Lipinski definition) is 3. The fourth-order valence-corrected chi connectivity index (χ4v) is 3.38. The summed E-state index contributed by atoms with van der Waals surface area (Å²) in [5.41, 5.74) is 1.33. The molecule has 2 rings (SSSR count). The van der Waals surface area contributed by atoms with Gasteiger partial charge in [0, 0.05) is 38.3 Å². The Kier molecular flexibility index (Phi) is 8.23. The Bertz CT molecular complexity index is 556. The molecule has 0 aliphatic carbocycles. The largest absolute Gasteiger partial charge is 0.497 e. The number of hydrogen-bond donors (Lipinski definition) is 2. The highest BCUT2D eigenvalue weighted by molar-refractivity contribution is 5.80. The van der Waals surface area contributed by atoms with Gasteiger partial charge in [0.2, 0.25) is 0 Å². The van der Waals surface area contributed by atoms with Crippen LogP contribution in [0.15, 0.2) is 29.3 Å². The van der Waals surface area contributed by atoms with Crippen molar-refractivity contribution in [3.8, 4) is 5.75 Å². The molecule has 0 amide bonds. The SMILES string of the molecule is CCNC(=NCCCc1ccc(OC)cc1)NC1CN(C(C)C)CC1C. The van der Waals surface area contributed by atoms with Gasteiger partial charge in [-0.05, 0) is 57.2 Å². The normalized spacial score (nSPS) is 21.2. The predicted octanol–water partition coefficient (Wildman–Crippen LogP) is 2.91. The zero-order valence-electron chi connectivity index (χ0n) is 17.1. The summed E-state index contributed by atoms with van der Waals surface area (Å²) in [6.45, 7) is 13.0. The topological polar surface area (TPSA) is 48.9 Å². The zero-order chi connectivity index (χ0) is 18.9. The molecule has 2 N–H and O–H groups in total. The summed E-state index contributed by atoms with van der Waals surface area (Å²) in [6, 6.07) is 9.38. The van der Waals surface area contributed by atoms with Crippen molar-refractivity contribution in [2.75, 3.05) is 33.3 Å². The highest BCUT2D eigenvalue weighted by atomic mass is 16.5. The Morgan fingerprint density at radius 3 is 2.58 bits per heavy atom. The van der Waals surface area contributed by atoms with Gasteiger partial charge in [0.1, 0.15) is 5.75 Å². The lowest BCUT2D eigenvalue weighted by atomic mass is 10.1. The van der Waals surface area contributed by atoms with Gasteiger partial charge in [-0.2, -0.15) is 0 Å². The number of likely N-dealkylation sites (tertiary alicyclic amines) is 1. The van der Waals surface area contributed by atoms with Crippen LogP contribution < -0.4 is 15.4 Å². The smallest absolute Gasteiger partial charge is 0.191 e. The van der Waals surface area contributed by atoms with E-state index in [0.29, 0.717) is 18.0 Å². The second-order valence-electron chi connectivity index (χ2n) is 7.49. The summed E-state index contributed by atoms with van der Waals surface area (Å²) in [6.07, 6.45) is 2.08. The van der Waals surface area contributed by atoms with Crippen LogP contribution in [0.4, 0.5) is 0 Å². The van der Waals surface area contributed by atoms with Crippen molar-refractivity contribution >= 4 is 5.96 Å². The number of nitrogens with zero attached hydrogens (tertiary/aromatic N) is 2. The van der Waals surface area contributed by atoms with Gasteiger partial charge < -0.3 is 15.4 Å². The van der Waals surface area contributed by atoms with Crippen LogP contribution in [0.3, 0.4) is 0 Å². The van der Waals surface area contributed by atoms with E-state index in [-0.39, 0.29) is 0 Å². The molecule has 0 saturated carbocycles. The minimum Gasteiger partial charge on any atom is -0.497 e. The number of aryl methyl sites for hydroxylation is 1. The lowest BCUT2D eigenvalue weighted by Crippen LogP contribution is -2.46. The van der Waals surface area contributed by atoms with Crippen LogP contribution in [0, 0.1) is 5.92 Å². The molecule has 0 bridgehead atoms. The minimum absolute atomic E-state index is 0.469. The molecule has 1 aliphatic heterocycles. The molecule has 1 aromatic rings. The van der Waals surface area contributed by atoms with Crippen molar-refractivity contribution in [1.29, 1.82) is 0 Å². The molecule has 0 spiro atoms. The van der Waals surface area contributed by atoms with Gasteiger partial charge in [-0.1, -0.05) is 19.1 Å². The Hall–Kier alpha value is -1.75. The maximum absolute atomic E-state index is 5.21. The quantitative estimate of drug-likeness (QED) is 0.425. The average molecular weight is 361 g/mol. The second kappa shape index (κ2) is 10.4. The lowest BCUT2D eigenvalue weighted by molar-refractivity contribution is 0.265. The van der Waals surface area contributed by atoms with E-state index in [9.17, 15) is 0 Å². The monoisotopic (exact) mass is 360 g/mol. The van der Waals surface area contributed by atoms with Crippen LogP contribution in [0.2, 0.25) is 0 Å². The molecule has 1 fully saturated rings. The molecule has 5 heteroatoms. The molecular formula is C21H36N4O. The van der Waals surface area contributed by atoms with Gasteiger partial charge in [-0.25, -0.2) is 0 Å². The molecule has 1 aromatic carbocycles. The first-order valence-corrected chi connectivity index (χ1v) is 9.95. The van der Waals surface area contributed by atoms with Gasteiger partial charge in [-0.15, -0.1) is 0 Å². The van der Waals surface area contributed by atoms with Gasteiger partial charge in [0.05, 0.1) is 7.11 Å². The van der Waals surface area contributed by atoms with E-state index < -0.39 is 0 Å². The highest BCUT2D eigenvalue weighted by Gasteiger charge is 2.31. The van der Waals surface area contributed by atoms with E-state index in [0.717, 1.165) is 50.7 Å². The van der Waals surface area contributed by atoms with E-state index in [1.165, 1.54) is 5.56 Å². The van der Waals surface area contributed by atoms with Gasteiger partial charge in [-0.3, -0.25) is 9.89 Å². The molecule has 0 radical (unpaired) electrons. The Balaban J connectivity index is 1.82. The van der Waals surface area contributed by atoms with Crippen LogP contribution in [0.5, 0.6) is 5.75 Å². The third-order valence-corrected chi connectivity index (χ3v) is 5.09. The number of nitrogens with one attached hydrogen (secondary N) is 2. The Labute approximate surface area is 159 Å². The van der Waals surface area contributed by atoms with Crippen molar-refractivity contribution in [1.82, 2.24) is 15.5 Å². The zero-order valence-corrected chi connectivity index (χ0v) is 17.1. The van der Waals surface area contributed by atoms with E-state index in [4.69, 9.17) is 9.73 Å². The van der Waals surface area contributed by atoms with E-state index >= 15 is 0 Å². The molecule has 5 nitrogen and oxygen atoms in total. The van der Waals surface area contributed by atoms with Crippen LogP contribution >= 0.6 is 0 Å². The fraction of sp³-hybridized carbons (Fsp3) is 0.667. The number of aliphatic imine (C=N–C) groups is 1. The maximum atomic E-state index is 5.21.